The lowest BCUT2D eigenvalue weighted by atomic mass is 9.68. The third kappa shape index (κ3) is 4.90. The quantitative estimate of drug-likeness (QED) is 0.486. The van der Waals surface area contributed by atoms with Crippen molar-refractivity contribution in [1.82, 2.24) is 9.80 Å². The van der Waals surface area contributed by atoms with Crippen LogP contribution in [0.2, 0.25) is 0 Å². The first-order chi connectivity index (χ1) is 17.6. The summed E-state index contributed by atoms with van der Waals surface area (Å²) in [7, 11) is 3.64. The van der Waals surface area contributed by atoms with Gasteiger partial charge in [0.1, 0.15) is 11.2 Å². The lowest BCUT2D eigenvalue weighted by molar-refractivity contribution is -0.134. The summed E-state index contributed by atoms with van der Waals surface area (Å²) in [6.45, 7) is 7.66. The molecule has 1 amide bonds. The molecule has 1 fully saturated rings. The number of benzene rings is 3. The number of aryl methyl sites for hydroxylation is 1. The number of rotatable bonds is 7. The van der Waals surface area contributed by atoms with Crippen molar-refractivity contribution in [2.24, 2.45) is 0 Å². The second-order valence-corrected chi connectivity index (χ2v) is 11.0. The Bertz CT molecular complexity index is 1170. The number of likely N-dealkylation sites (N-methyl/N-ethyl adjacent to an activating group) is 1. The molecule has 2 N–H and O–H groups in total. The predicted molar refractivity (Wildman–Crippen MR) is 149 cm³/mol. The van der Waals surface area contributed by atoms with Crippen molar-refractivity contribution >= 4 is 5.91 Å². The molecule has 1 aliphatic heterocycles. The molecule has 196 valence electrons. The minimum atomic E-state index is -0.834. The van der Waals surface area contributed by atoms with E-state index in [2.05, 4.69) is 18.7 Å². The summed E-state index contributed by atoms with van der Waals surface area (Å²) in [5.74, 6) is 0.275. The topological polar surface area (TPSA) is 64.0 Å². The first kappa shape index (κ1) is 26.9. The van der Waals surface area contributed by atoms with Crippen LogP contribution in [0.15, 0.2) is 78.9 Å². The maximum Gasteiger partial charge on any atom is 0.237 e. The number of carbonyl (C=O) groups excluding carboxylic acids is 1. The molecule has 1 heterocycles. The maximum absolute atomic E-state index is 14.0. The van der Waals surface area contributed by atoms with Gasteiger partial charge in [0.2, 0.25) is 5.91 Å². The van der Waals surface area contributed by atoms with Gasteiger partial charge in [0.05, 0.1) is 6.10 Å². The van der Waals surface area contributed by atoms with Gasteiger partial charge >= 0.3 is 0 Å². The third-order valence-electron chi connectivity index (χ3n) is 8.52. The average Bonchev–Trinajstić information content (AvgIpc) is 2.91. The Labute approximate surface area is 221 Å². The highest BCUT2D eigenvalue weighted by Crippen LogP contribution is 2.42. The number of phenolic OH excluding ortho intramolecular Hbond substituents is 1. The lowest BCUT2D eigenvalue weighted by Crippen LogP contribution is -2.58. The monoisotopic (exact) mass is 500 g/mol. The molecule has 0 aliphatic carbocycles. The van der Waals surface area contributed by atoms with Crippen molar-refractivity contribution < 1.29 is 15.0 Å². The molecule has 1 aliphatic rings. The SMILES string of the molecule is Cc1ccc(O)cc1[C@@]1(C)CCN(CCC(C(=O)N(C)C)(c2ccccc2)c2ccccc2)C(C)[C@H]1O. The van der Waals surface area contributed by atoms with E-state index in [4.69, 9.17) is 0 Å². The zero-order valence-corrected chi connectivity index (χ0v) is 22.7. The normalized spacial score (nSPS) is 22.5. The molecule has 3 aromatic carbocycles. The molecule has 37 heavy (non-hydrogen) atoms. The van der Waals surface area contributed by atoms with Gasteiger partial charge in [-0.2, -0.15) is 0 Å². The number of aliphatic hydroxyl groups is 1. The van der Waals surface area contributed by atoms with Gasteiger partial charge in [0.15, 0.2) is 0 Å². The van der Waals surface area contributed by atoms with Crippen LogP contribution < -0.4 is 0 Å². The molecule has 0 saturated carbocycles. The smallest absolute Gasteiger partial charge is 0.237 e. The molecule has 1 saturated heterocycles. The number of phenols is 1. The van der Waals surface area contributed by atoms with Gasteiger partial charge in [0.25, 0.3) is 0 Å². The van der Waals surface area contributed by atoms with Gasteiger partial charge in [-0.3, -0.25) is 9.69 Å². The molecule has 4 rings (SSSR count). The van der Waals surface area contributed by atoms with Gasteiger partial charge in [0, 0.05) is 32.1 Å². The standard InChI is InChI=1S/C32H40N2O3/c1-23-16-17-27(35)22-28(23)31(3)18-20-34(24(2)29(31)36)21-19-32(30(37)33(4)5,25-12-8-6-9-13-25)26-14-10-7-11-15-26/h6-17,22,24,29,35-36H,18-21H2,1-5H3/t24?,29-,31-/m1/s1. The number of hydrogen-bond donors (Lipinski definition) is 2. The second-order valence-electron chi connectivity index (χ2n) is 11.0. The van der Waals surface area contributed by atoms with E-state index in [-0.39, 0.29) is 17.7 Å². The number of aliphatic hydroxyl groups excluding tert-OH is 1. The molecule has 3 aromatic rings. The fraction of sp³-hybridized carbons (Fsp3) is 0.406. The summed E-state index contributed by atoms with van der Waals surface area (Å²) in [4.78, 5) is 18.0. The van der Waals surface area contributed by atoms with E-state index in [1.807, 2.05) is 87.7 Å². The molecule has 1 unspecified atom stereocenters. The zero-order chi connectivity index (χ0) is 26.8. The van der Waals surface area contributed by atoms with Crippen LogP contribution in [0.4, 0.5) is 0 Å². The van der Waals surface area contributed by atoms with E-state index >= 15 is 0 Å². The fourth-order valence-electron chi connectivity index (χ4n) is 6.24. The van der Waals surface area contributed by atoms with E-state index in [1.54, 1.807) is 17.0 Å². The van der Waals surface area contributed by atoms with Crippen molar-refractivity contribution in [1.29, 1.82) is 0 Å². The number of piperidine rings is 1. The maximum atomic E-state index is 14.0. The third-order valence-corrected chi connectivity index (χ3v) is 8.52. The van der Waals surface area contributed by atoms with Crippen LogP contribution in [0.3, 0.4) is 0 Å². The van der Waals surface area contributed by atoms with Crippen LogP contribution in [0.1, 0.15) is 48.9 Å². The van der Waals surface area contributed by atoms with Crippen molar-refractivity contribution in [3.8, 4) is 5.75 Å². The number of hydrogen-bond acceptors (Lipinski definition) is 4. The summed E-state index contributed by atoms with van der Waals surface area (Å²) in [5.41, 5.74) is 2.73. The van der Waals surface area contributed by atoms with Gasteiger partial charge in [-0.1, -0.05) is 73.7 Å². The first-order valence-electron chi connectivity index (χ1n) is 13.2. The van der Waals surface area contributed by atoms with Crippen LogP contribution in [-0.2, 0) is 15.6 Å². The van der Waals surface area contributed by atoms with Gasteiger partial charge in [-0.15, -0.1) is 0 Å². The number of carbonyl (C=O) groups is 1. The Balaban J connectivity index is 1.67. The zero-order valence-electron chi connectivity index (χ0n) is 22.7. The minimum Gasteiger partial charge on any atom is -0.508 e. The Hall–Kier alpha value is -3.15. The number of nitrogens with zero attached hydrogens (tertiary/aromatic N) is 2. The number of likely N-dealkylation sites (tertiary alicyclic amines) is 1. The largest absolute Gasteiger partial charge is 0.508 e. The summed E-state index contributed by atoms with van der Waals surface area (Å²) in [5, 5.41) is 21.7. The summed E-state index contributed by atoms with van der Waals surface area (Å²) in [6, 6.07) is 25.4. The van der Waals surface area contributed by atoms with Crippen LogP contribution in [-0.4, -0.2) is 65.3 Å². The molecule has 5 heteroatoms. The number of aromatic hydroxyl groups is 1. The van der Waals surface area contributed by atoms with Crippen LogP contribution in [0.5, 0.6) is 5.75 Å². The van der Waals surface area contributed by atoms with E-state index in [0.29, 0.717) is 13.0 Å². The van der Waals surface area contributed by atoms with Crippen molar-refractivity contribution in [3.63, 3.8) is 0 Å². The molecule has 5 nitrogen and oxygen atoms in total. The number of amides is 1. The molecular formula is C32H40N2O3. The van der Waals surface area contributed by atoms with E-state index in [1.165, 1.54) is 0 Å². The molecule has 0 bridgehead atoms. The Morgan fingerprint density at radius 2 is 1.59 bits per heavy atom. The highest BCUT2D eigenvalue weighted by Gasteiger charge is 2.47. The molecule has 0 radical (unpaired) electrons. The van der Waals surface area contributed by atoms with Crippen LogP contribution in [0, 0.1) is 6.92 Å². The minimum absolute atomic E-state index is 0.0512. The highest BCUT2D eigenvalue weighted by molar-refractivity contribution is 5.92. The lowest BCUT2D eigenvalue weighted by Gasteiger charge is -2.49. The average molecular weight is 501 g/mol. The van der Waals surface area contributed by atoms with Gasteiger partial charge < -0.3 is 15.1 Å². The van der Waals surface area contributed by atoms with Crippen LogP contribution in [0.25, 0.3) is 0 Å². The Morgan fingerprint density at radius 3 is 2.14 bits per heavy atom. The molecular weight excluding hydrogens is 460 g/mol. The predicted octanol–water partition coefficient (Wildman–Crippen LogP) is 4.88. The highest BCUT2D eigenvalue weighted by atomic mass is 16.3. The van der Waals surface area contributed by atoms with Crippen LogP contribution >= 0.6 is 0 Å². The van der Waals surface area contributed by atoms with E-state index < -0.39 is 16.9 Å². The Morgan fingerprint density at radius 1 is 1.03 bits per heavy atom. The van der Waals surface area contributed by atoms with Crippen molar-refractivity contribution in [2.75, 3.05) is 27.2 Å². The van der Waals surface area contributed by atoms with Crippen molar-refractivity contribution in [3.05, 3.63) is 101 Å². The molecule has 3 atom stereocenters. The van der Waals surface area contributed by atoms with Gasteiger partial charge in [-0.25, -0.2) is 0 Å². The van der Waals surface area contributed by atoms with E-state index in [0.717, 1.165) is 35.2 Å². The molecule has 0 spiro atoms. The van der Waals surface area contributed by atoms with Crippen molar-refractivity contribution in [2.45, 2.75) is 56.6 Å². The first-order valence-corrected chi connectivity index (χ1v) is 13.2. The Kier molecular flexibility index (Phi) is 7.77. The summed E-state index contributed by atoms with van der Waals surface area (Å²) >= 11 is 0. The van der Waals surface area contributed by atoms with E-state index in [9.17, 15) is 15.0 Å². The summed E-state index contributed by atoms with van der Waals surface area (Å²) < 4.78 is 0. The fourth-order valence-corrected chi connectivity index (χ4v) is 6.24. The second kappa shape index (κ2) is 10.7. The molecule has 0 aromatic heterocycles. The summed E-state index contributed by atoms with van der Waals surface area (Å²) in [6.07, 6.45) is 0.736. The van der Waals surface area contributed by atoms with Gasteiger partial charge in [-0.05, 0) is 67.6 Å².